The van der Waals surface area contributed by atoms with Crippen molar-refractivity contribution in [3.8, 4) is 28.1 Å². The van der Waals surface area contributed by atoms with Crippen molar-refractivity contribution in [2.24, 2.45) is 5.73 Å². The lowest BCUT2D eigenvalue weighted by Gasteiger charge is -2.17. The third kappa shape index (κ3) is 7.87. The summed E-state index contributed by atoms with van der Waals surface area (Å²) < 4.78 is 2.38. The normalized spacial score (nSPS) is 13.6. The fraction of sp³-hybridized carbons (Fsp3) is 0.156. The van der Waals surface area contributed by atoms with Gasteiger partial charge in [0.25, 0.3) is 0 Å². The maximum Gasteiger partial charge on any atom is 0.0572 e. The molecule has 1 aliphatic heterocycles. The molecule has 5 rings (SSSR count). The number of hydrogen-bond acceptors (Lipinski definition) is 2. The fourth-order valence-corrected chi connectivity index (χ4v) is 6.00. The molecule has 2 heterocycles. The Morgan fingerprint density at radius 1 is 0.917 bits per heavy atom. The van der Waals surface area contributed by atoms with Crippen molar-refractivity contribution in [2.75, 3.05) is 6.54 Å². The van der Waals surface area contributed by atoms with Crippen LogP contribution in [-0.2, 0) is 0 Å². The second-order valence-corrected chi connectivity index (χ2v) is 12.0. The van der Waals surface area contributed by atoms with Gasteiger partial charge in [0, 0.05) is 34.9 Å². The largest absolute Gasteiger partial charge is 0.399 e. The number of aromatic nitrogens is 1. The molecule has 0 fully saturated rings. The molecule has 3 heteroatoms. The average molecular weight is 630 g/mol. The van der Waals surface area contributed by atoms with Crippen LogP contribution in [0.2, 0.25) is 0 Å². The van der Waals surface area contributed by atoms with Gasteiger partial charge in [0.1, 0.15) is 0 Å². The quantitative estimate of drug-likeness (QED) is 0.145. The molecule has 0 radical (unpaired) electrons. The van der Waals surface area contributed by atoms with E-state index in [1.807, 2.05) is 30.4 Å². The Labute approximate surface area is 287 Å². The van der Waals surface area contributed by atoms with Crippen molar-refractivity contribution in [1.29, 1.82) is 0 Å². The number of benzene rings is 3. The van der Waals surface area contributed by atoms with E-state index in [0.29, 0.717) is 0 Å². The van der Waals surface area contributed by atoms with Crippen LogP contribution >= 0.6 is 0 Å². The molecule has 0 unspecified atom stereocenters. The van der Waals surface area contributed by atoms with E-state index in [4.69, 9.17) is 5.73 Å². The molecule has 3 nitrogen and oxygen atoms in total. The first-order valence-corrected chi connectivity index (χ1v) is 16.8. The van der Waals surface area contributed by atoms with Gasteiger partial charge < -0.3 is 15.6 Å². The zero-order chi connectivity index (χ0) is 33.9. The lowest BCUT2D eigenvalue weighted by atomic mass is 9.95. The van der Waals surface area contributed by atoms with Crippen LogP contribution in [0.5, 0.6) is 0 Å². The minimum Gasteiger partial charge on any atom is -0.399 e. The zero-order valence-electron chi connectivity index (χ0n) is 28.5. The summed E-state index contributed by atoms with van der Waals surface area (Å²) in [5.41, 5.74) is 20.8. The maximum absolute atomic E-state index is 6.14. The van der Waals surface area contributed by atoms with Crippen LogP contribution in [0.1, 0.15) is 54.1 Å². The minimum absolute atomic E-state index is 0.745. The highest BCUT2D eigenvalue weighted by molar-refractivity contribution is 5.83. The van der Waals surface area contributed by atoms with E-state index in [-0.39, 0.29) is 0 Å². The van der Waals surface area contributed by atoms with Crippen molar-refractivity contribution in [1.82, 2.24) is 9.88 Å². The van der Waals surface area contributed by atoms with Crippen molar-refractivity contribution in [2.45, 2.75) is 40.0 Å². The number of nitrogens with one attached hydrogen (secondary N) is 1. The van der Waals surface area contributed by atoms with Crippen molar-refractivity contribution >= 4 is 17.8 Å². The van der Waals surface area contributed by atoms with Gasteiger partial charge in [-0.05, 0) is 108 Å². The number of hydrogen-bond donors (Lipinski definition) is 2. The summed E-state index contributed by atoms with van der Waals surface area (Å²) in [6.45, 7) is 15.8. The average Bonchev–Trinajstić information content (AvgIpc) is 3.38. The van der Waals surface area contributed by atoms with Crippen LogP contribution in [0.4, 0.5) is 0 Å². The van der Waals surface area contributed by atoms with Gasteiger partial charge >= 0.3 is 0 Å². The highest BCUT2D eigenvalue weighted by Gasteiger charge is 2.21. The molecular weight excluding hydrogens is 583 g/mol. The summed E-state index contributed by atoms with van der Waals surface area (Å²) in [5, 5.41) is 3.45. The lowest BCUT2D eigenvalue weighted by Crippen LogP contribution is -2.14. The molecule has 1 aromatic heterocycles. The number of nitrogens with zero attached hydrogens (tertiary/aromatic N) is 1. The second-order valence-electron chi connectivity index (χ2n) is 12.0. The van der Waals surface area contributed by atoms with Crippen LogP contribution in [-0.4, -0.2) is 11.1 Å². The van der Waals surface area contributed by atoms with E-state index in [1.54, 1.807) is 0 Å². The first-order chi connectivity index (χ1) is 23.4. The molecular formula is C45H47N3. The number of nitrogens with two attached hydrogens (primary N) is 1. The predicted molar refractivity (Wildman–Crippen MR) is 210 cm³/mol. The molecule has 0 spiro atoms. The van der Waals surface area contributed by atoms with Gasteiger partial charge in [-0.3, -0.25) is 0 Å². The predicted octanol–water partition coefficient (Wildman–Crippen LogP) is 11.3. The topological polar surface area (TPSA) is 43.0 Å². The highest BCUT2D eigenvalue weighted by Crippen LogP contribution is 2.39. The fourth-order valence-electron chi connectivity index (χ4n) is 6.00. The molecule has 0 saturated carbocycles. The van der Waals surface area contributed by atoms with Gasteiger partial charge in [-0.25, -0.2) is 0 Å². The zero-order valence-corrected chi connectivity index (χ0v) is 28.5. The summed E-state index contributed by atoms with van der Waals surface area (Å²) in [6.07, 6.45) is 25.6. The number of dihydropyridines is 1. The van der Waals surface area contributed by atoms with Gasteiger partial charge in [-0.15, -0.1) is 0 Å². The van der Waals surface area contributed by atoms with E-state index < -0.39 is 0 Å². The van der Waals surface area contributed by atoms with E-state index in [0.717, 1.165) is 70.8 Å². The number of para-hydroxylation sites is 1. The van der Waals surface area contributed by atoms with Gasteiger partial charge in [0.05, 0.1) is 5.69 Å². The summed E-state index contributed by atoms with van der Waals surface area (Å²) in [5.74, 6) is 0. The summed E-state index contributed by atoms with van der Waals surface area (Å²) in [4.78, 5) is 0. The number of unbranched alkanes of at least 4 members (excludes halogenated alkanes) is 1. The molecule has 3 N–H and O–H groups in total. The standard InChI is InChI=1S/C45H47N3/c1-6-9-11-19-40(46)20-15-14-18-35(7-2)31-44-33(4)34(5)45(48(44)41-21-12-10-13-22-41)42-29-28-39(32-36(42)8-3)37-24-26-38(27-25-37)43-23-16-17-30-47-43/h7-8,10-17,19-29,31-32,47H,2-3,6,9,18,30,46H2,1,4-5H3/b15-14-,19-11+,35-31+,40-20-. The summed E-state index contributed by atoms with van der Waals surface area (Å²) in [7, 11) is 0. The second kappa shape index (κ2) is 16.3. The van der Waals surface area contributed by atoms with Crippen LogP contribution in [0.3, 0.4) is 0 Å². The molecule has 48 heavy (non-hydrogen) atoms. The molecule has 0 aliphatic carbocycles. The molecule has 3 aromatic carbocycles. The van der Waals surface area contributed by atoms with Crippen molar-refractivity contribution < 1.29 is 0 Å². The van der Waals surface area contributed by atoms with Gasteiger partial charge in [-0.2, -0.15) is 0 Å². The Kier molecular flexibility index (Phi) is 11.5. The van der Waals surface area contributed by atoms with Crippen LogP contribution in [0.25, 0.3) is 45.9 Å². The molecule has 242 valence electrons. The Morgan fingerprint density at radius 3 is 2.35 bits per heavy atom. The van der Waals surface area contributed by atoms with Crippen LogP contribution < -0.4 is 11.1 Å². The first-order valence-electron chi connectivity index (χ1n) is 16.8. The van der Waals surface area contributed by atoms with Gasteiger partial charge in [0.2, 0.25) is 0 Å². The lowest BCUT2D eigenvalue weighted by molar-refractivity contribution is 0.957. The van der Waals surface area contributed by atoms with Crippen molar-refractivity contribution in [3.63, 3.8) is 0 Å². The molecule has 0 atom stereocenters. The van der Waals surface area contributed by atoms with Crippen LogP contribution in [0.15, 0.2) is 152 Å². The summed E-state index contributed by atoms with van der Waals surface area (Å²) >= 11 is 0. The number of rotatable bonds is 13. The Hall–Kier alpha value is -5.54. The smallest absolute Gasteiger partial charge is 0.0572 e. The Morgan fingerprint density at radius 2 is 1.67 bits per heavy atom. The van der Waals surface area contributed by atoms with E-state index >= 15 is 0 Å². The summed E-state index contributed by atoms with van der Waals surface area (Å²) in [6, 6.07) is 26.1. The van der Waals surface area contributed by atoms with Gasteiger partial charge in [-0.1, -0.05) is 124 Å². The molecule has 0 saturated heterocycles. The minimum atomic E-state index is 0.745. The van der Waals surface area contributed by atoms with E-state index in [1.165, 1.54) is 27.9 Å². The molecule has 0 bridgehead atoms. The third-order valence-corrected chi connectivity index (χ3v) is 8.77. The van der Waals surface area contributed by atoms with E-state index in [2.05, 4.69) is 153 Å². The SMILES string of the molecule is C=C/C(=C\c1c(C)c(C)c(-c2ccc(-c3ccc(C4=CC=CCN4)cc3)cc2C=C)n1-c1ccccc1)C\C=C/C=C(N)/C=C/CCC. The maximum atomic E-state index is 6.14. The van der Waals surface area contributed by atoms with Crippen LogP contribution in [0, 0.1) is 13.8 Å². The molecule has 4 aromatic rings. The first kappa shape index (κ1) is 33.8. The third-order valence-electron chi connectivity index (χ3n) is 8.77. The molecule has 0 amide bonds. The molecule has 1 aliphatic rings. The van der Waals surface area contributed by atoms with E-state index in [9.17, 15) is 0 Å². The Bertz CT molecular complexity index is 1940. The van der Waals surface area contributed by atoms with Crippen molar-refractivity contribution in [3.05, 3.63) is 180 Å². The number of allylic oxidation sites excluding steroid dienone is 9. The highest BCUT2D eigenvalue weighted by atomic mass is 15.0. The monoisotopic (exact) mass is 629 g/mol. The Balaban J connectivity index is 1.53. The van der Waals surface area contributed by atoms with Gasteiger partial charge in [0.15, 0.2) is 0 Å².